The summed E-state index contributed by atoms with van der Waals surface area (Å²) in [6.07, 6.45) is 0. The Kier molecular flexibility index (Phi) is 2.18. The zero-order chi connectivity index (χ0) is 9.46. The summed E-state index contributed by atoms with van der Waals surface area (Å²) in [5.74, 6) is 0.374. The second kappa shape index (κ2) is 2.85. The predicted octanol–water partition coefficient (Wildman–Crippen LogP) is -5.99. The average Bonchev–Trinajstić information content (AvgIpc) is 2.08. The zero-order valence-electron chi connectivity index (χ0n) is 8.02. The Morgan fingerprint density at radius 3 is 1.50 bits per heavy atom. The van der Waals surface area contributed by atoms with E-state index in [2.05, 4.69) is 0 Å². The van der Waals surface area contributed by atoms with Crippen molar-refractivity contribution < 1.29 is 5.11 Å². The maximum atomic E-state index is 9.64. The molecule has 0 spiro atoms. The van der Waals surface area contributed by atoms with Gasteiger partial charge >= 0.3 is 0 Å². The summed E-state index contributed by atoms with van der Waals surface area (Å²) in [5.41, 5.74) is 10.4. The van der Waals surface area contributed by atoms with Crippen LogP contribution in [-0.4, -0.2) is 36.5 Å². The molecule has 0 amide bonds. The highest BCUT2D eigenvalue weighted by molar-refractivity contribution is 6.60. The van der Waals surface area contributed by atoms with Gasteiger partial charge in [-0.15, -0.1) is 0 Å². The highest BCUT2D eigenvalue weighted by Crippen LogP contribution is 1.97. The molecule has 12 heavy (non-hydrogen) atoms. The van der Waals surface area contributed by atoms with Gasteiger partial charge in [0.2, 0.25) is 0 Å². The van der Waals surface area contributed by atoms with E-state index in [1.807, 2.05) is 31.4 Å². The third-order valence-corrected chi connectivity index (χ3v) is 2.64. The van der Waals surface area contributed by atoms with Crippen molar-refractivity contribution >= 4 is 58.9 Å². The normalized spacial score (nSPS) is 10.0. The van der Waals surface area contributed by atoms with Crippen LogP contribution in [0.1, 0.15) is 0 Å². The van der Waals surface area contributed by atoms with Crippen LogP contribution in [-0.2, 0) is 0 Å². The fourth-order valence-corrected chi connectivity index (χ4v) is 1.32. The van der Waals surface area contributed by atoms with Gasteiger partial charge in [-0.2, -0.15) is 0 Å². The second-order valence-corrected chi connectivity index (χ2v) is 3.26. The average molecular weight is 156 g/mol. The lowest BCUT2D eigenvalue weighted by molar-refractivity contribution is 0.484. The van der Waals surface area contributed by atoms with Gasteiger partial charge in [0, 0.05) is 5.69 Å². The number of benzene rings is 1. The van der Waals surface area contributed by atoms with Gasteiger partial charge in [0.1, 0.15) is 37.1 Å². The number of hydrogen-bond acceptors (Lipinski definition) is 2. The minimum atomic E-state index is 0.374. The smallest absolute Gasteiger partial charge is 0.143 e. The standard InChI is InChI=1S/C6H11B4NO/c7-1-3(9)6(12)4(10)2(8)5(1)11/h12H,7-11H2. The number of nitrogen functional groups attached to an aromatic ring is 1. The van der Waals surface area contributed by atoms with Crippen LogP contribution < -0.4 is 27.6 Å². The SMILES string of the molecule is Bc1c(B)c(O)c(B)c(B)c1N. The molecule has 0 aliphatic rings. The molecule has 1 rings (SSSR count). The molecule has 0 aliphatic carbocycles. The first-order chi connectivity index (χ1) is 5.46. The van der Waals surface area contributed by atoms with Gasteiger partial charge < -0.3 is 10.8 Å². The van der Waals surface area contributed by atoms with E-state index in [1.54, 1.807) is 0 Å². The molecule has 0 saturated heterocycles. The van der Waals surface area contributed by atoms with E-state index in [-0.39, 0.29) is 0 Å². The highest BCUT2D eigenvalue weighted by Gasteiger charge is 2.09. The van der Waals surface area contributed by atoms with Gasteiger partial charge in [-0.1, -0.05) is 21.9 Å². The molecule has 0 radical (unpaired) electrons. The molecular formula is C6H11B4NO. The van der Waals surface area contributed by atoms with Crippen molar-refractivity contribution in [1.29, 1.82) is 0 Å². The maximum Gasteiger partial charge on any atom is 0.143 e. The summed E-state index contributed by atoms with van der Waals surface area (Å²) in [6, 6.07) is 0. The number of anilines is 1. The summed E-state index contributed by atoms with van der Waals surface area (Å²) in [5, 5.41) is 9.64. The van der Waals surface area contributed by atoms with E-state index < -0.39 is 0 Å². The van der Waals surface area contributed by atoms with E-state index in [0.29, 0.717) is 5.75 Å². The zero-order valence-corrected chi connectivity index (χ0v) is 8.02. The summed E-state index contributed by atoms with van der Waals surface area (Å²) in [6.45, 7) is 0. The molecule has 1 aromatic rings. The summed E-state index contributed by atoms with van der Waals surface area (Å²) < 4.78 is 0. The van der Waals surface area contributed by atoms with Gasteiger partial charge in [-0.05, 0) is 0 Å². The number of hydrogen-bond donors (Lipinski definition) is 2. The van der Waals surface area contributed by atoms with Crippen LogP contribution in [0.3, 0.4) is 0 Å². The number of phenolic OH excluding ortho intramolecular Hbond substituents is 1. The molecule has 0 bridgehead atoms. The fraction of sp³-hybridized carbons (Fsp3) is 0. The third-order valence-electron chi connectivity index (χ3n) is 2.64. The molecule has 0 heterocycles. The van der Waals surface area contributed by atoms with Crippen LogP contribution >= 0.6 is 0 Å². The Morgan fingerprint density at radius 2 is 1.17 bits per heavy atom. The molecule has 0 aromatic heterocycles. The third kappa shape index (κ3) is 1.11. The highest BCUT2D eigenvalue weighted by atomic mass is 16.3. The first kappa shape index (κ1) is 9.17. The Labute approximate surface area is 76.2 Å². The summed E-state index contributed by atoms with van der Waals surface area (Å²) in [7, 11) is 7.62. The van der Waals surface area contributed by atoms with Crippen molar-refractivity contribution in [1.82, 2.24) is 0 Å². The molecule has 0 atom stereocenters. The summed E-state index contributed by atoms with van der Waals surface area (Å²) >= 11 is 0. The van der Waals surface area contributed by atoms with Crippen molar-refractivity contribution in [2.24, 2.45) is 0 Å². The Balaban J connectivity index is 3.60. The Hall–Kier alpha value is -0.920. The van der Waals surface area contributed by atoms with E-state index >= 15 is 0 Å². The number of phenols is 1. The van der Waals surface area contributed by atoms with Gasteiger partial charge in [0.15, 0.2) is 0 Å². The molecule has 1 aromatic carbocycles. The second-order valence-electron chi connectivity index (χ2n) is 3.26. The number of nitrogens with two attached hydrogens (primary N) is 1. The molecule has 3 N–H and O–H groups in total. The van der Waals surface area contributed by atoms with Gasteiger partial charge in [0.25, 0.3) is 0 Å². The molecule has 0 aliphatic heterocycles. The topological polar surface area (TPSA) is 46.2 Å². The largest absolute Gasteiger partial charge is 0.509 e. The van der Waals surface area contributed by atoms with Crippen molar-refractivity contribution in [2.75, 3.05) is 5.73 Å². The molecule has 0 saturated carbocycles. The fourth-order valence-electron chi connectivity index (χ4n) is 1.32. The van der Waals surface area contributed by atoms with E-state index in [9.17, 15) is 5.11 Å². The van der Waals surface area contributed by atoms with Crippen molar-refractivity contribution in [3.63, 3.8) is 0 Å². The minimum absolute atomic E-state index is 0.374. The quantitative estimate of drug-likeness (QED) is 0.223. The first-order valence-corrected chi connectivity index (χ1v) is 4.01. The van der Waals surface area contributed by atoms with Crippen LogP contribution in [0.15, 0.2) is 0 Å². The van der Waals surface area contributed by atoms with E-state index in [0.717, 1.165) is 27.5 Å². The Bertz CT molecular complexity index is 234. The lowest BCUT2D eigenvalue weighted by Crippen LogP contribution is -2.42. The molecule has 58 valence electrons. The van der Waals surface area contributed by atoms with Gasteiger partial charge in [0.05, 0.1) is 0 Å². The number of rotatable bonds is 0. The minimum Gasteiger partial charge on any atom is -0.509 e. The predicted molar refractivity (Wildman–Crippen MR) is 65.2 cm³/mol. The molecule has 0 unspecified atom stereocenters. The van der Waals surface area contributed by atoms with Crippen molar-refractivity contribution in [2.45, 2.75) is 0 Å². The molecule has 6 heteroatoms. The van der Waals surface area contributed by atoms with Crippen LogP contribution in [0.4, 0.5) is 5.69 Å². The summed E-state index contributed by atoms with van der Waals surface area (Å²) in [4.78, 5) is 0. The molecular weight excluding hydrogens is 145 g/mol. The lowest BCUT2D eigenvalue weighted by Gasteiger charge is -2.14. The lowest BCUT2D eigenvalue weighted by atomic mass is 9.68. The number of aromatic hydroxyl groups is 1. The van der Waals surface area contributed by atoms with Crippen LogP contribution in [0, 0.1) is 0 Å². The maximum absolute atomic E-state index is 9.64. The van der Waals surface area contributed by atoms with E-state index in [1.165, 1.54) is 0 Å². The molecule has 0 fully saturated rings. The first-order valence-electron chi connectivity index (χ1n) is 4.01. The van der Waals surface area contributed by atoms with Crippen molar-refractivity contribution in [3.8, 4) is 5.75 Å². The van der Waals surface area contributed by atoms with Crippen LogP contribution in [0.2, 0.25) is 0 Å². The monoisotopic (exact) mass is 157 g/mol. The van der Waals surface area contributed by atoms with Crippen LogP contribution in [0.5, 0.6) is 5.75 Å². The molecule has 2 nitrogen and oxygen atoms in total. The van der Waals surface area contributed by atoms with Gasteiger partial charge in [-0.3, -0.25) is 0 Å². The Morgan fingerprint density at radius 1 is 0.833 bits per heavy atom. The van der Waals surface area contributed by atoms with Gasteiger partial charge in [-0.25, -0.2) is 0 Å². The van der Waals surface area contributed by atoms with Crippen LogP contribution in [0.25, 0.3) is 0 Å². The van der Waals surface area contributed by atoms with Crippen molar-refractivity contribution in [3.05, 3.63) is 0 Å². The van der Waals surface area contributed by atoms with E-state index in [4.69, 9.17) is 5.73 Å².